The third kappa shape index (κ3) is 1.59. The molecule has 1 aromatic carbocycles. The molecule has 0 amide bonds. The molecule has 0 aliphatic rings. The molecule has 17 heavy (non-hydrogen) atoms. The fourth-order valence-corrected chi connectivity index (χ4v) is 2.54. The van der Waals surface area contributed by atoms with Crippen molar-refractivity contribution in [1.29, 1.82) is 0 Å². The summed E-state index contributed by atoms with van der Waals surface area (Å²) < 4.78 is 18.7. The van der Waals surface area contributed by atoms with Gasteiger partial charge in [0.25, 0.3) is 0 Å². The molecule has 0 radical (unpaired) electrons. The van der Waals surface area contributed by atoms with Crippen molar-refractivity contribution in [2.45, 2.75) is 0 Å². The standard InChI is InChI=1S/C12H9FN2OS/c1-16-9-5-6-17-11(9)12-14-8-4-2-3-7(13)10(8)15-12/h2-6H,1H3,(H,14,15). The fraction of sp³-hybridized carbons (Fsp3) is 0.0833. The summed E-state index contributed by atoms with van der Waals surface area (Å²) in [5.41, 5.74) is 1.05. The summed E-state index contributed by atoms with van der Waals surface area (Å²) in [5.74, 6) is 1.06. The van der Waals surface area contributed by atoms with Gasteiger partial charge in [0.2, 0.25) is 0 Å². The molecule has 86 valence electrons. The van der Waals surface area contributed by atoms with Gasteiger partial charge in [-0.15, -0.1) is 11.3 Å². The Labute approximate surface area is 101 Å². The lowest BCUT2D eigenvalue weighted by atomic mass is 10.3. The molecule has 2 heterocycles. The second kappa shape index (κ2) is 3.85. The zero-order valence-electron chi connectivity index (χ0n) is 9.03. The summed E-state index contributed by atoms with van der Waals surface area (Å²) in [4.78, 5) is 8.23. The smallest absolute Gasteiger partial charge is 0.152 e. The first kappa shape index (κ1) is 10.3. The van der Waals surface area contributed by atoms with E-state index in [1.54, 1.807) is 19.2 Å². The van der Waals surface area contributed by atoms with Crippen molar-refractivity contribution < 1.29 is 9.13 Å². The number of imidazole rings is 1. The van der Waals surface area contributed by atoms with Crippen molar-refractivity contribution in [1.82, 2.24) is 9.97 Å². The van der Waals surface area contributed by atoms with Crippen molar-refractivity contribution >= 4 is 22.4 Å². The van der Waals surface area contributed by atoms with E-state index in [-0.39, 0.29) is 5.82 Å². The number of hydrogen-bond donors (Lipinski definition) is 1. The molecule has 0 atom stereocenters. The fourth-order valence-electron chi connectivity index (χ4n) is 1.74. The molecule has 2 aromatic heterocycles. The van der Waals surface area contributed by atoms with Crippen LogP contribution in [0.5, 0.6) is 5.75 Å². The van der Waals surface area contributed by atoms with Crippen molar-refractivity contribution in [3.63, 3.8) is 0 Å². The number of halogens is 1. The Balaban J connectivity index is 2.22. The summed E-state index contributed by atoms with van der Waals surface area (Å²) >= 11 is 1.51. The maximum Gasteiger partial charge on any atom is 0.152 e. The van der Waals surface area contributed by atoms with E-state index >= 15 is 0 Å². The maximum absolute atomic E-state index is 13.5. The van der Waals surface area contributed by atoms with Gasteiger partial charge in [-0.2, -0.15) is 0 Å². The van der Waals surface area contributed by atoms with E-state index < -0.39 is 0 Å². The van der Waals surface area contributed by atoms with Crippen molar-refractivity contribution in [2.24, 2.45) is 0 Å². The van der Waals surface area contributed by atoms with Crippen LogP contribution in [0.4, 0.5) is 4.39 Å². The van der Waals surface area contributed by atoms with E-state index in [9.17, 15) is 4.39 Å². The van der Waals surface area contributed by atoms with Crippen molar-refractivity contribution in [2.75, 3.05) is 7.11 Å². The third-order valence-electron chi connectivity index (χ3n) is 2.53. The van der Waals surface area contributed by atoms with E-state index in [4.69, 9.17) is 4.74 Å². The van der Waals surface area contributed by atoms with Gasteiger partial charge in [-0.1, -0.05) is 6.07 Å². The number of nitrogens with zero attached hydrogens (tertiary/aromatic N) is 1. The molecule has 5 heteroatoms. The number of rotatable bonds is 2. The van der Waals surface area contributed by atoms with E-state index in [1.165, 1.54) is 17.4 Å². The molecule has 0 saturated carbocycles. The van der Waals surface area contributed by atoms with Gasteiger partial charge in [0.05, 0.1) is 12.6 Å². The van der Waals surface area contributed by atoms with Crippen LogP contribution in [-0.2, 0) is 0 Å². The van der Waals surface area contributed by atoms with Gasteiger partial charge in [0.1, 0.15) is 16.1 Å². The van der Waals surface area contributed by atoms with Gasteiger partial charge < -0.3 is 9.72 Å². The first-order chi connectivity index (χ1) is 8.29. The zero-order valence-corrected chi connectivity index (χ0v) is 9.84. The Morgan fingerprint density at radius 1 is 1.35 bits per heavy atom. The number of fused-ring (bicyclic) bond motifs is 1. The largest absolute Gasteiger partial charge is 0.495 e. The molecule has 0 fully saturated rings. The monoisotopic (exact) mass is 248 g/mol. The van der Waals surface area contributed by atoms with Crippen LogP contribution in [0.25, 0.3) is 21.7 Å². The minimum absolute atomic E-state index is 0.319. The average molecular weight is 248 g/mol. The number of thiophene rings is 1. The van der Waals surface area contributed by atoms with Crippen LogP contribution in [-0.4, -0.2) is 17.1 Å². The number of H-pyrrole nitrogens is 1. The van der Waals surface area contributed by atoms with E-state index in [0.717, 1.165) is 10.6 Å². The van der Waals surface area contributed by atoms with Gasteiger partial charge >= 0.3 is 0 Å². The van der Waals surface area contributed by atoms with Gasteiger partial charge in [-0.25, -0.2) is 9.37 Å². The van der Waals surface area contributed by atoms with Gasteiger partial charge in [-0.3, -0.25) is 0 Å². The summed E-state index contributed by atoms with van der Waals surface area (Å²) in [6, 6.07) is 6.72. The lowest BCUT2D eigenvalue weighted by Gasteiger charge is -1.97. The number of aromatic amines is 1. The van der Waals surface area contributed by atoms with Crippen LogP contribution in [0, 0.1) is 5.82 Å². The number of ether oxygens (including phenoxy) is 1. The lowest BCUT2D eigenvalue weighted by Crippen LogP contribution is -1.83. The van der Waals surface area contributed by atoms with Crippen LogP contribution in [0.1, 0.15) is 0 Å². The third-order valence-corrected chi connectivity index (χ3v) is 3.43. The number of benzene rings is 1. The highest BCUT2D eigenvalue weighted by Gasteiger charge is 2.13. The minimum atomic E-state index is -0.319. The minimum Gasteiger partial charge on any atom is -0.495 e. The maximum atomic E-state index is 13.5. The first-order valence-electron chi connectivity index (χ1n) is 5.05. The Morgan fingerprint density at radius 3 is 3.00 bits per heavy atom. The number of nitrogens with one attached hydrogen (secondary N) is 1. The second-order valence-electron chi connectivity index (χ2n) is 3.54. The van der Waals surface area contributed by atoms with Crippen LogP contribution >= 0.6 is 11.3 Å². The Hall–Kier alpha value is -1.88. The van der Waals surface area contributed by atoms with Gasteiger partial charge in [0, 0.05) is 0 Å². The average Bonchev–Trinajstić information content (AvgIpc) is 2.94. The molecule has 0 unspecified atom stereocenters. The van der Waals surface area contributed by atoms with Gasteiger partial charge in [0.15, 0.2) is 11.6 Å². The van der Waals surface area contributed by atoms with Crippen LogP contribution in [0.2, 0.25) is 0 Å². The molecule has 0 aliphatic heterocycles. The molecule has 3 rings (SSSR count). The Bertz CT molecular complexity index is 674. The molecule has 1 N–H and O–H groups in total. The highest BCUT2D eigenvalue weighted by Crippen LogP contribution is 2.34. The van der Waals surface area contributed by atoms with E-state index in [2.05, 4.69) is 9.97 Å². The highest BCUT2D eigenvalue weighted by molar-refractivity contribution is 7.13. The number of hydrogen-bond acceptors (Lipinski definition) is 3. The number of para-hydroxylation sites is 1. The lowest BCUT2D eigenvalue weighted by molar-refractivity contribution is 0.418. The summed E-state index contributed by atoms with van der Waals surface area (Å²) in [6.45, 7) is 0. The zero-order chi connectivity index (χ0) is 11.8. The predicted octanol–water partition coefficient (Wildman–Crippen LogP) is 3.44. The van der Waals surface area contributed by atoms with Crippen LogP contribution in [0.15, 0.2) is 29.6 Å². The van der Waals surface area contributed by atoms with Crippen LogP contribution < -0.4 is 4.74 Å². The summed E-state index contributed by atoms with van der Waals surface area (Å²) in [5, 5.41) is 1.91. The number of aromatic nitrogens is 2. The van der Waals surface area contributed by atoms with Gasteiger partial charge in [-0.05, 0) is 23.6 Å². The topological polar surface area (TPSA) is 37.9 Å². The summed E-state index contributed by atoms with van der Waals surface area (Å²) in [7, 11) is 1.61. The number of methoxy groups -OCH3 is 1. The SMILES string of the molecule is COc1ccsc1-c1nc2c(F)cccc2[nH]1. The van der Waals surface area contributed by atoms with Crippen LogP contribution in [0.3, 0.4) is 0 Å². The molecule has 3 nitrogen and oxygen atoms in total. The molecule has 0 bridgehead atoms. The molecular weight excluding hydrogens is 239 g/mol. The van der Waals surface area contributed by atoms with E-state index in [1.807, 2.05) is 11.4 Å². The van der Waals surface area contributed by atoms with E-state index in [0.29, 0.717) is 16.9 Å². The normalized spacial score (nSPS) is 10.9. The Kier molecular flexibility index (Phi) is 2.33. The predicted molar refractivity (Wildman–Crippen MR) is 65.9 cm³/mol. The molecule has 0 saturated heterocycles. The second-order valence-corrected chi connectivity index (χ2v) is 4.46. The molecular formula is C12H9FN2OS. The highest BCUT2D eigenvalue weighted by atomic mass is 32.1. The molecule has 0 spiro atoms. The molecule has 0 aliphatic carbocycles. The van der Waals surface area contributed by atoms with Crippen molar-refractivity contribution in [3.8, 4) is 16.5 Å². The first-order valence-corrected chi connectivity index (χ1v) is 5.93. The quantitative estimate of drug-likeness (QED) is 0.754. The Morgan fingerprint density at radius 2 is 2.24 bits per heavy atom. The molecule has 3 aromatic rings. The van der Waals surface area contributed by atoms with Crippen molar-refractivity contribution in [3.05, 3.63) is 35.5 Å². The summed E-state index contributed by atoms with van der Waals surface area (Å²) in [6.07, 6.45) is 0.